The molecular formula is C7H2BrClF2O. The predicted octanol–water partition coefficient (Wildman–Crippen LogP) is 3.11. The van der Waals surface area contributed by atoms with Gasteiger partial charge in [0.15, 0.2) is 0 Å². The van der Waals surface area contributed by atoms with E-state index in [4.69, 9.17) is 11.6 Å². The van der Waals surface area contributed by atoms with Gasteiger partial charge in [-0.25, -0.2) is 8.78 Å². The van der Waals surface area contributed by atoms with Gasteiger partial charge in [-0.05, 0) is 33.6 Å². The van der Waals surface area contributed by atoms with E-state index in [0.29, 0.717) is 6.07 Å². The number of rotatable bonds is 1. The van der Waals surface area contributed by atoms with Gasteiger partial charge in [-0.15, -0.1) is 0 Å². The molecule has 12 heavy (non-hydrogen) atoms. The summed E-state index contributed by atoms with van der Waals surface area (Å²) in [4.78, 5) is 10.6. The summed E-state index contributed by atoms with van der Waals surface area (Å²) in [5.74, 6) is -1.73. The lowest BCUT2D eigenvalue weighted by atomic mass is 10.2. The zero-order chi connectivity index (χ0) is 9.30. The van der Waals surface area contributed by atoms with Gasteiger partial charge < -0.3 is 0 Å². The maximum Gasteiger partial charge on any atom is 0.256 e. The Kier molecular flexibility index (Phi) is 2.80. The summed E-state index contributed by atoms with van der Waals surface area (Å²) in [6.07, 6.45) is 0. The summed E-state index contributed by atoms with van der Waals surface area (Å²) in [5, 5.41) is -0.959. The fraction of sp³-hybridized carbons (Fsp3) is 0. The molecule has 1 aromatic rings. The number of carbonyl (C=O) groups is 1. The standard InChI is InChI=1S/C7H2BrClF2O/c8-4-1-3(10)2-5(11)6(4)7(9)12/h1-2H. The molecule has 0 N–H and O–H groups in total. The van der Waals surface area contributed by atoms with Crippen molar-refractivity contribution in [3.63, 3.8) is 0 Å². The van der Waals surface area contributed by atoms with E-state index in [0.717, 1.165) is 6.07 Å². The molecule has 0 aliphatic heterocycles. The molecular weight excluding hydrogens is 253 g/mol. The SMILES string of the molecule is O=C(Cl)c1c(F)cc(F)cc1Br. The van der Waals surface area contributed by atoms with Crippen LogP contribution in [0.3, 0.4) is 0 Å². The van der Waals surface area contributed by atoms with Crippen molar-refractivity contribution in [3.8, 4) is 0 Å². The molecule has 1 rings (SSSR count). The lowest BCUT2D eigenvalue weighted by Gasteiger charge is -1.99. The van der Waals surface area contributed by atoms with Crippen LogP contribution in [0, 0.1) is 11.6 Å². The third-order valence-corrected chi connectivity index (χ3v) is 2.02. The van der Waals surface area contributed by atoms with Gasteiger partial charge in [0, 0.05) is 10.5 Å². The Bertz CT molecular complexity index is 317. The summed E-state index contributed by atoms with van der Waals surface area (Å²) in [7, 11) is 0. The van der Waals surface area contributed by atoms with Crippen LogP contribution in [-0.4, -0.2) is 5.24 Å². The van der Waals surface area contributed by atoms with Crippen molar-refractivity contribution in [2.45, 2.75) is 0 Å². The van der Waals surface area contributed by atoms with Crippen LogP contribution in [0.25, 0.3) is 0 Å². The highest BCUT2D eigenvalue weighted by Gasteiger charge is 2.14. The third kappa shape index (κ3) is 1.81. The Morgan fingerprint density at radius 3 is 2.42 bits per heavy atom. The Morgan fingerprint density at radius 1 is 1.42 bits per heavy atom. The van der Waals surface area contributed by atoms with E-state index in [1.165, 1.54) is 0 Å². The Labute approximate surface area is 80.5 Å². The third-order valence-electron chi connectivity index (χ3n) is 1.20. The van der Waals surface area contributed by atoms with Crippen molar-refractivity contribution < 1.29 is 13.6 Å². The second-order valence-corrected chi connectivity index (χ2v) is 3.22. The zero-order valence-corrected chi connectivity index (χ0v) is 7.92. The number of hydrogen-bond donors (Lipinski definition) is 0. The first-order valence-corrected chi connectivity index (χ1v) is 4.04. The van der Waals surface area contributed by atoms with Gasteiger partial charge in [0.1, 0.15) is 11.6 Å². The van der Waals surface area contributed by atoms with E-state index in [9.17, 15) is 13.6 Å². The molecule has 0 unspecified atom stereocenters. The fourth-order valence-corrected chi connectivity index (χ4v) is 1.62. The molecule has 0 saturated carbocycles. The average molecular weight is 255 g/mol. The van der Waals surface area contributed by atoms with Gasteiger partial charge in [0.25, 0.3) is 5.24 Å². The van der Waals surface area contributed by atoms with Crippen LogP contribution in [0.5, 0.6) is 0 Å². The van der Waals surface area contributed by atoms with E-state index in [1.54, 1.807) is 0 Å². The molecule has 1 nitrogen and oxygen atoms in total. The molecule has 0 aliphatic rings. The highest BCUT2D eigenvalue weighted by Crippen LogP contribution is 2.22. The minimum atomic E-state index is -0.970. The average Bonchev–Trinajstić information content (AvgIpc) is 1.82. The molecule has 0 amide bonds. The lowest BCUT2D eigenvalue weighted by Crippen LogP contribution is -1.97. The molecule has 0 fully saturated rings. The highest BCUT2D eigenvalue weighted by atomic mass is 79.9. The molecule has 0 atom stereocenters. The topological polar surface area (TPSA) is 17.1 Å². The minimum absolute atomic E-state index is 0.0139. The smallest absolute Gasteiger partial charge is 0.256 e. The van der Waals surface area contributed by atoms with Gasteiger partial charge >= 0.3 is 0 Å². The molecule has 0 radical (unpaired) electrons. The molecule has 5 heteroatoms. The number of benzene rings is 1. The molecule has 0 saturated heterocycles. The first-order valence-electron chi connectivity index (χ1n) is 2.86. The first-order chi connectivity index (χ1) is 5.52. The summed E-state index contributed by atoms with van der Waals surface area (Å²) in [5.41, 5.74) is -0.349. The summed E-state index contributed by atoms with van der Waals surface area (Å²) >= 11 is 7.85. The van der Waals surface area contributed by atoms with Gasteiger partial charge in [0.05, 0.1) is 5.56 Å². The maximum absolute atomic E-state index is 12.8. The van der Waals surface area contributed by atoms with Crippen LogP contribution in [-0.2, 0) is 0 Å². The summed E-state index contributed by atoms with van der Waals surface area (Å²) in [6.45, 7) is 0. The van der Waals surface area contributed by atoms with Gasteiger partial charge in [0.2, 0.25) is 0 Å². The Balaban J connectivity index is 3.38. The lowest BCUT2D eigenvalue weighted by molar-refractivity contribution is 0.107. The molecule has 0 aliphatic carbocycles. The van der Waals surface area contributed by atoms with Crippen LogP contribution in [0.2, 0.25) is 0 Å². The van der Waals surface area contributed by atoms with E-state index in [-0.39, 0.29) is 10.0 Å². The predicted molar refractivity (Wildman–Crippen MR) is 44.2 cm³/mol. The van der Waals surface area contributed by atoms with E-state index in [1.807, 2.05) is 0 Å². The molecule has 1 aromatic carbocycles. The van der Waals surface area contributed by atoms with Crippen molar-refractivity contribution >= 4 is 32.8 Å². The number of hydrogen-bond acceptors (Lipinski definition) is 1. The second-order valence-electron chi connectivity index (χ2n) is 2.02. The molecule has 64 valence electrons. The summed E-state index contributed by atoms with van der Waals surface area (Å²) < 4.78 is 25.2. The zero-order valence-electron chi connectivity index (χ0n) is 5.57. The fourth-order valence-electron chi connectivity index (χ4n) is 0.730. The normalized spacial score (nSPS) is 10.0. The van der Waals surface area contributed by atoms with Gasteiger partial charge in [-0.3, -0.25) is 4.79 Å². The number of halogens is 4. The Hall–Kier alpha value is -0.480. The van der Waals surface area contributed by atoms with Crippen LogP contribution in [0.1, 0.15) is 10.4 Å². The van der Waals surface area contributed by atoms with Crippen LogP contribution in [0.15, 0.2) is 16.6 Å². The minimum Gasteiger partial charge on any atom is -0.275 e. The van der Waals surface area contributed by atoms with Gasteiger partial charge in [-0.2, -0.15) is 0 Å². The first kappa shape index (κ1) is 9.61. The molecule has 0 spiro atoms. The van der Waals surface area contributed by atoms with Crippen LogP contribution >= 0.6 is 27.5 Å². The number of carbonyl (C=O) groups excluding carboxylic acids is 1. The highest BCUT2D eigenvalue weighted by molar-refractivity contribution is 9.10. The monoisotopic (exact) mass is 254 g/mol. The van der Waals surface area contributed by atoms with Crippen molar-refractivity contribution in [3.05, 3.63) is 33.8 Å². The second kappa shape index (κ2) is 3.49. The molecule has 0 aromatic heterocycles. The van der Waals surface area contributed by atoms with Crippen LogP contribution in [0.4, 0.5) is 8.78 Å². The van der Waals surface area contributed by atoms with E-state index >= 15 is 0 Å². The van der Waals surface area contributed by atoms with Crippen molar-refractivity contribution in [2.75, 3.05) is 0 Å². The van der Waals surface area contributed by atoms with Gasteiger partial charge in [-0.1, -0.05) is 0 Å². The quantitative estimate of drug-likeness (QED) is 0.705. The Morgan fingerprint density at radius 2 is 2.00 bits per heavy atom. The molecule has 0 bridgehead atoms. The summed E-state index contributed by atoms with van der Waals surface area (Å²) in [6, 6.07) is 1.57. The van der Waals surface area contributed by atoms with Crippen molar-refractivity contribution in [2.24, 2.45) is 0 Å². The van der Waals surface area contributed by atoms with Crippen molar-refractivity contribution in [1.82, 2.24) is 0 Å². The molecule has 0 heterocycles. The largest absolute Gasteiger partial charge is 0.275 e. The maximum atomic E-state index is 12.8. The van der Waals surface area contributed by atoms with Crippen molar-refractivity contribution in [1.29, 1.82) is 0 Å². The van der Waals surface area contributed by atoms with E-state index in [2.05, 4.69) is 15.9 Å². The van der Waals surface area contributed by atoms with Crippen LogP contribution < -0.4 is 0 Å². The van der Waals surface area contributed by atoms with E-state index < -0.39 is 16.9 Å².